The Labute approximate surface area is 157 Å². The Morgan fingerprint density at radius 3 is 2.04 bits per heavy atom. The fraction of sp³-hybridized carbons (Fsp3) is 0.455. The Kier molecular flexibility index (Phi) is 9.60. The Bertz CT molecular complexity index is 646. The standard InChI is InChI=1S/C14H13NO2.C8H19N/c16-14-7-6-12(10-15-17)9-13(14)8-11-4-2-1-3-5-11;1-6-9(7(2)3)8(4)5/h1-7,9,16H,8,10H2;7-8H,6H2,1-5H3. The molecule has 0 unspecified atom stereocenters. The van der Waals surface area contributed by atoms with E-state index in [2.05, 4.69) is 44.7 Å². The highest BCUT2D eigenvalue weighted by molar-refractivity contribution is 5.39. The molecular formula is C22H32N2O2. The molecule has 0 heterocycles. The Hall–Kier alpha value is -2.20. The molecule has 2 aromatic rings. The molecule has 0 aliphatic rings. The van der Waals surface area contributed by atoms with Gasteiger partial charge in [-0.1, -0.05) is 48.5 Å². The van der Waals surface area contributed by atoms with Crippen molar-refractivity contribution in [2.75, 3.05) is 6.54 Å². The molecule has 1 N–H and O–H groups in total. The number of hydrogen-bond acceptors (Lipinski definition) is 4. The average Bonchev–Trinajstić information content (AvgIpc) is 2.59. The third-order valence-electron chi connectivity index (χ3n) is 4.32. The molecule has 0 fully saturated rings. The topological polar surface area (TPSA) is 52.9 Å². The number of nitrogens with zero attached hydrogens (tertiary/aromatic N) is 2. The van der Waals surface area contributed by atoms with Gasteiger partial charge in [-0.2, -0.15) is 4.91 Å². The van der Waals surface area contributed by atoms with Gasteiger partial charge in [0, 0.05) is 18.5 Å². The SMILES string of the molecule is CCN(C(C)C)C(C)C.O=NCc1ccc(O)c(Cc2ccccc2)c1. The van der Waals surface area contributed by atoms with Crippen LogP contribution in [0.25, 0.3) is 0 Å². The first-order valence-corrected chi connectivity index (χ1v) is 9.28. The van der Waals surface area contributed by atoms with E-state index in [1.54, 1.807) is 12.1 Å². The molecule has 0 spiro atoms. The predicted molar refractivity (Wildman–Crippen MR) is 110 cm³/mol. The second kappa shape index (κ2) is 11.4. The van der Waals surface area contributed by atoms with Crippen LogP contribution in [-0.4, -0.2) is 28.6 Å². The first kappa shape index (κ1) is 21.8. The molecule has 26 heavy (non-hydrogen) atoms. The van der Waals surface area contributed by atoms with Gasteiger partial charge in [0.25, 0.3) is 0 Å². The normalized spacial score (nSPS) is 10.8. The molecule has 0 saturated heterocycles. The summed E-state index contributed by atoms with van der Waals surface area (Å²) in [5.74, 6) is 0.253. The van der Waals surface area contributed by atoms with Crippen molar-refractivity contribution in [2.24, 2.45) is 5.18 Å². The zero-order chi connectivity index (χ0) is 19.5. The van der Waals surface area contributed by atoms with Gasteiger partial charge in [-0.3, -0.25) is 4.90 Å². The first-order valence-electron chi connectivity index (χ1n) is 9.28. The highest BCUT2D eigenvalue weighted by Gasteiger charge is 2.09. The highest BCUT2D eigenvalue weighted by Crippen LogP contribution is 2.22. The van der Waals surface area contributed by atoms with Crippen LogP contribution in [0.2, 0.25) is 0 Å². The monoisotopic (exact) mass is 356 g/mol. The molecule has 142 valence electrons. The molecule has 0 amide bonds. The summed E-state index contributed by atoms with van der Waals surface area (Å²) in [5.41, 5.74) is 2.76. The third-order valence-corrected chi connectivity index (χ3v) is 4.32. The summed E-state index contributed by atoms with van der Waals surface area (Å²) in [6, 6.07) is 16.4. The molecule has 0 radical (unpaired) electrons. The molecule has 2 rings (SSSR count). The first-order chi connectivity index (χ1) is 12.4. The number of phenolic OH excluding ortho intramolecular Hbond substituents is 1. The smallest absolute Gasteiger partial charge is 0.119 e. The lowest BCUT2D eigenvalue weighted by Gasteiger charge is -2.28. The second-order valence-corrected chi connectivity index (χ2v) is 6.93. The third kappa shape index (κ3) is 7.36. The van der Waals surface area contributed by atoms with Crippen LogP contribution in [0.15, 0.2) is 53.7 Å². The van der Waals surface area contributed by atoms with Gasteiger partial charge in [0.2, 0.25) is 0 Å². The maximum atomic E-state index is 10.2. The van der Waals surface area contributed by atoms with Crippen molar-refractivity contribution in [1.29, 1.82) is 0 Å². The van der Waals surface area contributed by atoms with E-state index < -0.39 is 0 Å². The van der Waals surface area contributed by atoms with Gasteiger partial charge in [0.1, 0.15) is 12.3 Å². The predicted octanol–water partition coefficient (Wildman–Crippen LogP) is 5.37. The van der Waals surface area contributed by atoms with Gasteiger partial charge in [-0.15, -0.1) is 0 Å². The van der Waals surface area contributed by atoms with Gasteiger partial charge in [-0.05, 0) is 63.1 Å². The average molecular weight is 357 g/mol. The zero-order valence-corrected chi connectivity index (χ0v) is 16.6. The summed E-state index contributed by atoms with van der Waals surface area (Å²) >= 11 is 0. The second-order valence-electron chi connectivity index (χ2n) is 6.93. The van der Waals surface area contributed by atoms with E-state index in [0.717, 1.165) is 23.2 Å². The summed E-state index contributed by atoms with van der Waals surface area (Å²) in [7, 11) is 0. The van der Waals surface area contributed by atoms with Gasteiger partial charge < -0.3 is 5.11 Å². The van der Waals surface area contributed by atoms with Crippen molar-refractivity contribution in [3.05, 3.63) is 70.1 Å². The summed E-state index contributed by atoms with van der Waals surface area (Å²) in [6.07, 6.45) is 0.652. The largest absolute Gasteiger partial charge is 0.508 e. The van der Waals surface area contributed by atoms with Gasteiger partial charge in [0.05, 0.1) is 0 Å². The van der Waals surface area contributed by atoms with Crippen LogP contribution in [0, 0.1) is 4.91 Å². The van der Waals surface area contributed by atoms with E-state index in [4.69, 9.17) is 0 Å². The fourth-order valence-electron chi connectivity index (χ4n) is 3.10. The molecule has 0 aromatic heterocycles. The molecule has 4 nitrogen and oxygen atoms in total. The summed E-state index contributed by atoms with van der Waals surface area (Å²) < 4.78 is 0. The van der Waals surface area contributed by atoms with Crippen LogP contribution in [-0.2, 0) is 13.0 Å². The zero-order valence-electron chi connectivity index (χ0n) is 16.6. The van der Waals surface area contributed by atoms with Crippen molar-refractivity contribution in [3.8, 4) is 5.75 Å². The van der Waals surface area contributed by atoms with Crippen LogP contribution in [0.4, 0.5) is 0 Å². The van der Waals surface area contributed by atoms with Gasteiger partial charge >= 0.3 is 0 Å². The Morgan fingerprint density at radius 2 is 1.58 bits per heavy atom. The minimum atomic E-state index is 0.141. The summed E-state index contributed by atoms with van der Waals surface area (Å²) in [6.45, 7) is 12.5. The van der Waals surface area contributed by atoms with Crippen LogP contribution >= 0.6 is 0 Å². The molecule has 2 aromatic carbocycles. The van der Waals surface area contributed by atoms with Crippen molar-refractivity contribution in [3.63, 3.8) is 0 Å². The van der Waals surface area contributed by atoms with Gasteiger partial charge in [-0.25, -0.2) is 0 Å². The van der Waals surface area contributed by atoms with Crippen molar-refractivity contribution < 1.29 is 5.11 Å². The lowest BCUT2D eigenvalue weighted by Crippen LogP contribution is -2.36. The van der Waals surface area contributed by atoms with Crippen molar-refractivity contribution >= 4 is 0 Å². The van der Waals surface area contributed by atoms with Crippen LogP contribution < -0.4 is 0 Å². The highest BCUT2D eigenvalue weighted by atomic mass is 16.3. The molecular weight excluding hydrogens is 324 g/mol. The molecule has 0 bridgehead atoms. The number of rotatable bonds is 7. The van der Waals surface area contributed by atoms with E-state index in [1.165, 1.54) is 0 Å². The van der Waals surface area contributed by atoms with Crippen LogP contribution in [0.3, 0.4) is 0 Å². The number of hydrogen-bond donors (Lipinski definition) is 1. The molecule has 0 aliphatic heterocycles. The van der Waals surface area contributed by atoms with E-state index in [-0.39, 0.29) is 12.3 Å². The summed E-state index contributed by atoms with van der Waals surface area (Å²) in [5, 5.41) is 12.6. The van der Waals surface area contributed by atoms with Gasteiger partial charge in [0.15, 0.2) is 0 Å². The van der Waals surface area contributed by atoms with Crippen LogP contribution in [0.1, 0.15) is 51.3 Å². The number of phenols is 1. The lowest BCUT2D eigenvalue weighted by molar-refractivity contribution is 0.185. The van der Waals surface area contributed by atoms with Crippen molar-refractivity contribution in [1.82, 2.24) is 4.90 Å². The molecule has 0 aliphatic carbocycles. The molecule has 0 saturated carbocycles. The minimum absolute atomic E-state index is 0.141. The maximum absolute atomic E-state index is 10.2. The lowest BCUT2D eigenvalue weighted by atomic mass is 10.0. The van der Waals surface area contributed by atoms with E-state index in [1.807, 2.05) is 36.4 Å². The number of nitroso groups, excluding NO2 is 1. The summed E-state index contributed by atoms with van der Waals surface area (Å²) in [4.78, 5) is 12.7. The molecule has 0 atom stereocenters. The number of benzene rings is 2. The Balaban J connectivity index is 0.000000321. The Morgan fingerprint density at radius 1 is 0.962 bits per heavy atom. The maximum Gasteiger partial charge on any atom is 0.119 e. The van der Waals surface area contributed by atoms with E-state index >= 15 is 0 Å². The number of aromatic hydroxyl groups is 1. The molecule has 4 heteroatoms. The minimum Gasteiger partial charge on any atom is -0.508 e. The van der Waals surface area contributed by atoms with E-state index in [0.29, 0.717) is 18.5 Å². The fourth-order valence-corrected chi connectivity index (χ4v) is 3.10. The quantitative estimate of drug-likeness (QED) is 0.678. The van der Waals surface area contributed by atoms with E-state index in [9.17, 15) is 10.0 Å². The van der Waals surface area contributed by atoms with Crippen molar-refractivity contribution in [2.45, 2.75) is 59.7 Å². The van der Waals surface area contributed by atoms with Crippen LogP contribution in [0.5, 0.6) is 5.75 Å².